The van der Waals surface area contributed by atoms with E-state index in [4.69, 9.17) is 0 Å². The maximum absolute atomic E-state index is 13.4. The van der Waals surface area contributed by atoms with E-state index in [0.29, 0.717) is 11.1 Å². The molecule has 0 spiro atoms. The van der Waals surface area contributed by atoms with Crippen molar-refractivity contribution >= 4 is 26.6 Å². The van der Waals surface area contributed by atoms with Crippen LogP contribution in [0.3, 0.4) is 0 Å². The molecule has 128 valence electrons. The molecule has 4 rings (SSSR count). The second-order valence-corrected chi connectivity index (χ2v) is 8.10. The minimum Gasteiger partial charge on any atom is -0.360 e. The molecular weight excluding hydrogens is 343 g/mol. The molecule has 0 saturated carbocycles. The van der Waals surface area contributed by atoms with E-state index in [-0.39, 0.29) is 22.4 Å². The molecule has 25 heavy (non-hydrogen) atoms. The smallest absolute Gasteiger partial charge is 0.228 e. The van der Waals surface area contributed by atoms with Gasteiger partial charge in [-0.2, -0.15) is 0 Å². The second-order valence-electron chi connectivity index (χ2n) is 6.09. The van der Waals surface area contributed by atoms with Gasteiger partial charge < -0.3 is 10.3 Å². The summed E-state index contributed by atoms with van der Waals surface area (Å²) in [6, 6.07) is 9.47. The van der Waals surface area contributed by atoms with E-state index in [1.807, 2.05) is 0 Å². The summed E-state index contributed by atoms with van der Waals surface area (Å²) in [5.74, 6) is -1.58. The molecule has 3 aromatic rings. The van der Waals surface area contributed by atoms with Crippen molar-refractivity contribution in [1.82, 2.24) is 10.3 Å². The van der Waals surface area contributed by atoms with Crippen LogP contribution in [-0.4, -0.2) is 32.1 Å². The third-order valence-corrected chi connectivity index (χ3v) is 6.44. The molecule has 0 fully saturated rings. The quantitative estimate of drug-likeness (QED) is 0.739. The van der Waals surface area contributed by atoms with Gasteiger partial charge in [-0.1, -0.05) is 6.07 Å². The zero-order chi connectivity index (χ0) is 17.8. The number of benzene rings is 2. The Morgan fingerprint density at radius 1 is 1.24 bits per heavy atom. The van der Waals surface area contributed by atoms with Gasteiger partial charge in [0.2, 0.25) is 5.91 Å². The highest BCUT2D eigenvalue weighted by Crippen LogP contribution is 2.39. The topological polar surface area (TPSA) is 79.0 Å². The van der Waals surface area contributed by atoms with Crippen LogP contribution in [0.2, 0.25) is 0 Å². The molecule has 0 radical (unpaired) electrons. The van der Waals surface area contributed by atoms with Gasteiger partial charge >= 0.3 is 0 Å². The Kier molecular flexibility index (Phi) is 3.43. The molecule has 2 heterocycles. The molecule has 0 bridgehead atoms. The van der Waals surface area contributed by atoms with Gasteiger partial charge in [-0.3, -0.25) is 4.79 Å². The minimum atomic E-state index is -3.46. The van der Waals surface area contributed by atoms with Gasteiger partial charge in [0.15, 0.2) is 9.84 Å². The van der Waals surface area contributed by atoms with Crippen molar-refractivity contribution in [3.63, 3.8) is 0 Å². The first-order chi connectivity index (χ1) is 11.9. The lowest BCUT2D eigenvalue weighted by Crippen LogP contribution is -2.26. The highest BCUT2D eigenvalue weighted by molar-refractivity contribution is 7.91. The van der Waals surface area contributed by atoms with Crippen LogP contribution in [0.15, 0.2) is 47.5 Å². The molecular formula is C18H15FN2O3S. The molecule has 0 saturated heterocycles. The van der Waals surface area contributed by atoms with Crippen molar-refractivity contribution in [3.8, 4) is 11.1 Å². The van der Waals surface area contributed by atoms with E-state index in [9.17, 15) is 17.6 Å². The Morgan fingerprint density at radius 3 is 2.80 bits per heavy atom. The number of sulfone groups is 1. The Bertz CT molecular complexity index is 1120. The van der Waals surface area contributed by atoms with Gasteiger partial charge in [0.25, 0.3) is 0 Å². The van der Waals surface area contributed by atoms with E-state index in [1.165, 1.54) is 19.2 Å². The second kappa shape index (κ2) is 5.42. The van der Waals surface area contributed by atoms with Crippen LogP contribution in [0.5, 0.6) is 0 Å². The van der Waals surface area contributed by atoms with Crippen LogP contribution < -0.4 is 5.32 Å². The van der Waals surface area contributed by atoms with Gasteiger partial charge in [0, 0.05) is 29.7 Å². The van der Waals surface area contributed by atoms with Crippen molar-refractivity contribution in [1.29, 1.82) is 0 Å². The standard InChI is InChI=1S/C18H15FN2O3S/c1-20-18(22)15-9-25(23,24)17-5-2-10(6-13(15)17)14-8-21-16-7-11(19)3-4-12(14)16/h2-8,15,21H,9H2,1H3,(H,20,22). The Labute approximate surface area is 143 Å². The zero-order valence-corrected chi connectivity index (χ0v) is 14.2. The van der Waals surface area contributed by atoms with Crippen LogP contribution in [0, 0.1) is 5.82 Å². The molecule has 1 amide bonds. The first-order valence-corrected chi connectivity index (χ1v) is 9.41. The third-order valence-electron chi connectivity index (χ3n) is 4.62. The number of H-pyrrole nitrogens is 1. The van der Waals surface area contributed by atoms with E-state index in [0.717, 1.165) is 16.5 Å². The summed E-state index contributed by atoms with van der Waals surface area (Å²) in [4.78, 5) is 15.3. The summed E-state index contributed by atoms with van der Waals surface area (Å²) >= 11 is 0. The summed E-state index contributed by atoms with van der Waals surface area (Å²) in [5.41, 5.74) is 2.78. The average Bonchev–Trinajstić information content (AvgIpc) is 3.12. The fourth-order valence-electron chi connectivity index (χ4n) is 3.40. The number of hydrogen-bond acceptors (Lipinski definition) is 3. The van der Waals surface area contributed by atoms with Crippen molar-refractivity contribution in [2.45, 2.75) is 10.8 Å². The zero-order valence-electron chi connectivity index (χ0n) is 13.3. The van der Waals surface area contributed by atoms with E-state index >= 15 is 0 Å². The Morgan fingerprint density at radius 2 is 2.04 bits per heavy atom. The van der Waals surface area contributed by atoms with Crippen molar-refractivity contribution in [3.05, 3.63) is 54.0 Å². The van der Waals surface area contributed by atoms with Gasteiger partial charge in [0.05, 0.1) is 16.6 Å². The predicted molar refractivity (Wildman–Crippen MR) is 92.6 cm³/mol. The number of likely N-dealkylation sites (N-methyl/N-ethyl adjacent to an activating group) is 1. The molecule has 1 aliphatic rings. The lowest BCUT2D eigenvalue weighted by molar-refractivity contribution is -0.121. The van der Waals surface area contributed by atoms with Crippen molar-refractivity contribution < 1.29 is 17.6 Å². The fourth-order valence-corrected chi connectivity index (χ4v) is 5.18. The number of halogens is 1. The minimum absolute atomic E-state index is 0.204. The summed E-state index contributed by atoms with van der Waals surface area (Å²) in [5, 5.41) is 3.36. The highest BCUT2D eigenvalue weighted by atomic mass is 32.2. The van der Waals surface area contributed by atoms with Crippen molar-refractivity contribution in [2.75, 3.05) is 12.8 Å². The summed E-state index contributed by atoms with van der Waals surface area (Å²) in [6.45, 7) is 0. The molecule has 5 nitrogen and oxygen atoms in total. The third kappa shape index (κ3) is 2.42. The Hall–Kier alpha value is -2.67. The maximum atomic E-state index is 13.4. The molecule has 1 aliphatic heterocycles. The number of carbonyl (C=O) groups is 1. The highest BCUT2D eigenvalue weighted by Gasteiger charge is 2.38. The van der Waals surface area contributed by atoms with Gasteiger partial charge in [-0.25, -0.2) is 12.8 Å². The largest absolute Gasteiger partial charge is 0.360 e. The van der Waals surface area contributed by atoms with Crippen LogP contribution in [0.1, 0.15) is 11.5 Å². The predicted octanol–water partition coefficient (Wildman–Crippen LogP) is 2.59. The van der Waals surface area contributed by atoms with Gasteiger partial charge in [-0.05, 0) is 41.5 Å². The van der Waals surface area contributed by atoms with Crippen LogP contribution in [0.25, 0.3) is 22.0 Å². The number of carbonyl (C=O) groups excluding carboxylic acids is 1. The molecule has 2 aromatic carbocycles. The summed E-state index contributed by atoms with van der Waals surface area (Å²) in [6.07, 6.45) is 1.75. The first-order valence-electron chi connectivity index (χ1n) is 7.76. The van der Waals surface area contributed by atoms with E-state index in [1.54, 1.807) is 30.5 Å². The SMILES string of the molecule is CNC(=O)C1CS(=O)(=O)c2ccc(-c3c[nH]c4cc(F)ccc34)cc21. The van der Waals surface area contributed by atoms with Crippen LogP contribution >= 0.6 is 0 Å². The molecule has 1 atom stereocenters. The lowest BCUT2D eigenvalue weighted by Gasteiger charge is -2.09. The number of aromatic amines is 1. The number of aromatic nitrogens is 1. The molecule has 7 heteroatoms. The average molecular weight is 358 g/mol. The summed E-state index contributed by atoms with van der Waals surface area (Å²) in [7, 11) is -1.97. The molecule has 1 unspecified atom stereocenters. The number of fused-ring (bicyclic) bond motifs is 2. The lowest BCUT2D eigenvalue weighted by atomic mass is 9.95. The first kappa shape index (κ1) is 15.8. The number of hydrogen-bond donors (Lipinski definition) is 2. The van der Waals surface area contributed by atoms with Gasteiger partial charge in [0.1, 0.15) is 5.82 Å². The summed E-state index contributed by atoms with van der Waals surface area (Å²) < 4.78 is 38.0. The fraction of sp³-hybridized carbons (Fsp3) is 0.167. The molecule has 1 aromatic heterocycles. The van der Waals surface area contributed by atoms with Crippen molar-refractivity contribution in [2.24, 2.45) is 0 Å². The number of amides is 1. The molecule has 0 aliphatic carbocycles. The van der Waals surface area contributed by atoms with Crippen LogP contribution in [0.4, 0.5) is 4.39 Å². The van der Waals surface area contributed by atoms with E-state index < -0.39 is 15.8 Å². The van der Waals surface area contributed by atoms with Gasteiger partial charge in [-0.15, -0.1) is 0 Å². The number of nitrogens with one attached hydrogen (secondary N) is 2. The van der Waals surface area contributed by atoms with Crippen LogP contribution in [-0.2, 0) is 14.6 Å². The number of rotatable bonds is 2. The van der Waals surface area contributed by atoms with E-state index in [2.05, 4.69) is 10.3 Å². The maximum Gasteiger partial charge on any atom is 0.228 e. The monoisotopic (exact) mass is 358 g/mol. The molecule has 2 N–H and O–H groups in total. The normalized spacial score (nSPS) is 18.2. The Balaban J connectivity index is 1.89.